The Morgan fingerprint density at radius 1 is 1.44 bits per heavy atom. The molecule has 0 fully saturated rings. The molecule has 0 spiro atoms. The zero-order chi connectivity index (χ0) is 14.1. The minimum Gasteiger partial charge on any atom is -0.500 e. The summed E-state index contributed by atoms with van der Waals surface area (Å²) in [7, 11) is 1.02. The number of alkyl halides is 3. The van der Waals surface area contributed by atoms with Crippen LogP contribution in [0, 0.1) is 10.1 Å². The number of phenolic OH excluding ortho intramolecular Hbond substituents is 1. The van der Waals surface area contributed by atoms with Gasteiger partial charge in [-0.15, -0.1) is 0 Å². The van der Waals surface area contributed by atoms with Crippen LogP contribution in [-0.4, -0.2) is 28.4 Å². The van der Waals surface area contributed by atoms with Crippen molar-refractivity contribution in [3.63, 3.8) is 0 Å². The zero-order valence-electron chi connectivity index (χ0n) is 8.93. The number of hydrogen-bond acceptors (Lipinski definition) is 5. The second kappa shape index (κ2) is 4.69. The van der Waals surface area contributed by atoms with E-state index >= 15 is 0 Å². The van der Waals surface area contributed by atoms with Crippen LogP contribution >= 0.6 is 0 Å². The van der Waals surface area contributed by atoms with Crippen molar-refractivity contribution in [2.45, 2.75) is 12.3 Å². The Morgan fingerprint density at radius 3 is 2.39 bits per heavy atom. The van der Waals surface area contributed by atoms with Crippen molar-refractivity contribution >= 4 is 5.69 Å². The Kier molecular flexibility index (Phi) is 3.65. The second-order valence-corrected chi connectivity index (χ2v) is 3.29. The lowest BCUT2D eigenvalue weighted by atomic mass is 10.1. The summed E-state index contributed by atoms with van der Waals surface area (Å²) in [5, 5.41) is 28.9. The Labute approximate surface area is 98.4 Å². The summed E-state index contributed by atoms with van der Waals surface area (Å²) >= 11 is 0. The van der Waals surface area contributed by atoms with Crippen LogP contribution in [0.3, 0.4) is 0 Å². The SMILES string of the molecule is COc1cc(C(O)C(F)(F)F)cc([N+](=O)[O-])c1O. The van der Waals surface area contributed by atoms with Crippen molar-refractivity contribution in [1.82, 2.24) is 0 Å². The Morgan fingerprint density at radius 2 is 2.00 bits per heavy atom. The quantitative estimate of drug-likeness (QED) is 0.644. The van der Waals surface area contributed by atoms with Crippen LogP contribution in [0.2, 0.25) is 0 Å². The summed E-state index contributed by atoms with van der Waals surface area (Å²) in [5.41, 5.74) is -1.77. The lowest BCUT2D eigenvalue weighted by molar-refractivity contribution is -0.386. The van der Waals surface area contributed by atoms with Gasteiger partial charge in [0.1, 0.15) is 0 Å². The van der Waals surface area contributed by atoms with Gasteiger partial charge in [-0.2, -0.15) is 13.2 Å². The minimum absolute atomic E-state index is 0.440. The number of aliphatic hydroxyl groups excluding tert-OH is 1. The fourth-order valence-electron chi connectivity index (χ4n) is 1.26. The van der Waals surface area contributed by atoms with Gasteiger partial charge >= 0.3 is 11.9 Å². The number of ether oxygens (including phenoxy) is 1. The number of halogens is 3. The maximum atomic E-state index is 12.3. The first-order chi connectivity index (χ1) is 8.18. The van der Waals surface area contributed by atoms with Crippen molar-refractivity contribution in [2.24, 2.45) is 0 Å². The second-order valence-electron chi connectivity index (χ2n) is 3.29. The smallest absolute Gasteiger partial charge is 0.418 e. The molecule has 100 valence electrons. The molecule has 1 atom stereocenters. The third-order valence-corrected chi connectivity index (χ3v) is 2.12. The third kappa shape index (κ3) is 2.62. The molecule has 1 rings (SSSR count). The van der Waals surface area contributed by atoms with Crippen molar-refractivity contribution in [3.8, 4) is 11.5 Å². The van der Waals surface area contributed by atoms with Gasteiger partial charge in [-0.05, 0) is 6.07 Å². The molecule has 0 saturated carbocycles. The molecule has 0 radical (unpaired) electrons. The predicted octanol–water partition coefficient (Wildman–Crippen LogP) is 1.90. The molecule has 0 aliphatic carbocycles. The molecule has 2 N–H and O–H groups in total. The van der Waals surface area contributed by atoms with E-state index in [9.17, 15) is 28.4 Å². The van der Waals surface area contributed by atoms with E-state index < -0.39 is 40.0 Å². The van der Waals surface area contributed by atoms with E-state index in [-0.39, 0.29) is 0 Å². The molecule has 18 heavy (non-hydrogen) atoms. The van der Waals surface area contributed by atoms with Gasteiger partial charge in [0.15, 0.2) is 11.9 Å². The molecule has 0 heterocycles. The molecular weight excluding hydrogens is 259 g/mol. The number of hydrogen-bond donors (Lipinski definition) is 2. The average molecular weight is 267 g/mol. The first-order valence-electron chi connectivity index (χ1n) is 4.48. The van der Waals surface area contributed by atoms with Crippen molar-refractivity contribution < 1.29 is 33.0 Å². The third-order valence-electron chi connectivity index (χ3n) is 2.12. The number of nitrogens with zero attached hydrogens (tertiary/aromatic N) is 1. The van der Waals surface area contributed by atoms with Gasteiger partial charge in [-0.1, -0.05) is 0 Å². The van der Waals surface area contributed by atoms with Gasteiger partial charge in [0, 0.05) is 11.6 Å². The lowest BCUT2D eigenvalue weighted by Gasteiger charge is -2.15. The average Bonchev–Trinajstić information content (AvgIpc) is 2.26. The monoisotopic (exact) mass is 267 g/mol. The first kappa shape index (κ1) is 14.0. The van der Waals surface area contributed by atoms with Gasteiger partial charge in [0.05, 0.1) is 12.0 Å². The van der Waals surface area contributed by atoms with E-state index in [0.29, 0.717) is 12.1 Å². The van der Waals surface area contributed by atoms with Crippen LogP contribution in [0.5, 0.6) is 11.5 Å². The molecule has 0 aliphatic rings. The van der Waals surface area contributed by atoms with Gasteiger partial charge in [0.2, 0.25) is 5.75 Å². The topological polar surface area (TPSA) is 92.8 Å². The maximum Gasteiger partial charge on any atom is 0.418 e. The standard InChI is InChI=1S/C9H8F3NO5/c1-18-6-3-4(8(15)9(10,11)12)2-5(7(6)14)13(16)17/h2-3,8,14-15H,1H3. The number of aliphatic hydroxyl groups is 1. The fraction of sp³-hybridized carbons (Fsp3) is 0.333. The number of aromatic hydroxyl groups is 1. The van der Waals surface area contributed by atoms with Crippen LogP contribution in [-0.2, 0) is 0 Å². The normalized spacial score (nSPS) is 13.2. The van der Waals surface area contributed by atoms with E-state index in [1.54, 1.807) is 0 Å². The molecule has 0 aliphatic heterocycles. The summed E-state index contributed by atoms with van der Waals surface area (Å²) in [6.07, 6.45) is -7.87. The molecule has 0 amide bonds. The number of nitro benzene ring substituents is 1. The van der Waals surface area contributed by atoms with Crippen molar-refractivity contribution in [3.05, 3.63) is 27.8 Å². The van der Waals surface area contributed by atoms with Crippen LogP contribution in [0.25, 0.3) is 0 Å². The Bertz CT molecular complexity index is 474. The van der Waals surface area contributed by atoms with Crippen LogP contribution in [0.1, 0.15) is 11.7 Å². The summed E-state index contributed by atoms with van der Waals surface area (Å²) in [4.78, 5) is 9.46. The van der Waals surface area contributed by atoms with Gasteiger partial charge in [0.25, 0.3) is 0 Å². The molecule has 0 saturated heterocycles. The largest absolute Gasteiger partial charge is 0.500 e. The molecule has 1 aromatic carbocycles. The van der Waals surface area contributed by atoms with E-state index in [2.05, 4.69) is 4.74 Å². The lowest BCUT2D eigenvalue weighted by Crippen LogP contribution is -2.20. The number of benzene rings is 1. The molecule has 0 bridgehead atoms. The fourth-order valence-corrected chi connectivity index (χ4v) is 1.26. The summed E-state index contributed by atoms with van der Waals surface area (Å²) in [5.74, 6) is -1.43. The van der Waals surface area contributed by atoms with Gasteiger partial charge in [-0.3, -0.25) is 10.1 Å². The molecule has 0 aromatic heterocycles. The molecule has 9 heteroatoms. The first-order valence-corrected chi connectivity index (χ1v) is 4.48. The van der Waals surface area contributed by atoms with Crippen LogP contribution < -0.4 is 4.74 Å². The zero-order valence-corrected chi connectivity index (χ0v) is 8.93. The summed E-state index contributed by atoms with van der Waals surface area (Å²) in [6.45, 7) is 0. The summed E-state index contributed by atoms with van der Waals surface area (Å²) in [6, 6.07) is 1.12. The Hall–Kier alpha value is -2.03. The van der Waals surface area contributed by atoms with E-state index in [4.69, 9.17) is 5.11 Å². The highest BCUT2D eigenvalue weighted by atomic mass is 19.4. The molecular formula is C9H8F3NO5. The molecule has 1 aromatic rings. The van der Waals surface area contributed by atoms with E-state index in [0.717, 1.165) is 7.11 Å². The predicted molar refractivity (Wildman–Crippen MR) is 52.3 cm³/mol. The number of nitro groups is 1. The highest BCUT2D eigenvalue weighted by molar-refractivity contribution is 5.57. The van der Waals surface area contributed by atoms with Gasteiger partial charge < -0.3 is 14.9 Å². The molecule has 6 nitrogen and oxygen atoms in total. The van der Waals surface area contributed by atoms with Crippen LogP contribution in [0.15, 0.2) is 12.1 Å². The highest BCUT2D eigenvalue weighted by Crippen LogP contribution is 2.41. The Balaban J connectivity index is 3.39. The minimum atomic E-state index is -4.98. The van der Waals surface area contributed by atoms with Gasteiger partial charge in [-0.25, -0.2) is 0 Å². The van der Waals surface area contributed by atoms with Crippen molar-refractivity contribution in [2.75, 3.05) is 7.11 Å². The van der Waals surface area contributed by atoms with E-state index in [1.807, 2.05) is 0 Å². The van der Waals surface area contributed by atoms with E-state index in [1.165, 1.54) is 0 Å². The number of rotatable bonds is 3. The number of phenols is 1. The molecule has 1 unspecified atom stereocenters. The van der Waals surface area contributed by atoms with Crippen molar-refractivity contribution in [1.29, 1.82) is 0 Å². The highest BCUT2D eigenvalue weighted by Gasteiger charge is 2.40. The number of methoxy groups -OCH3 is 1. The summed E-state index contributed by atoms with van der Waals surface area (Å²) < 4.78 is 41.3. The maximum absolute atomic E-state index is 12.3. The van der Waals surface area contributed by atoms with Crippen LogP contribution in [0.4, 0.5) is 18.9 Å².